The first kappa shape index (κ1) is 11.6. The summed E-state index contributed by atoms with van der Waals surface area (Å²) >= 11 is 6.14. The molecular formula is C13H19ClN2. The highest BCUT2D eigenvalue weighted by molar-refractivity contribution is 6.33. The van der Waals surface area contributed by atoms with E-state index >= 15 is 0 Å². The van der Waals surface area contributed by atoms with Gasteiger partial charge in [0, 0.05) is 6.04 Å². The van der Waals surface area contributed by atoms with E-state index in [0.29, 0.717) is 11.1 Å². The summed E-state index contributed by atoms with van der Waals surface area (Å²) < 4.78 is 0. The fourth-order valence-corrected chi connectivity index (χ4v) is 2.73. The number of rotatable bonds is 3. The molecule has 1 aromatic rings. The second-order valence-corrected chi connectivity index (χ2v) is 5.09. The largest absolute Gasteiger partial charge is 0.397 e. The smallest absolute Gasteiger partial charge is 0.0765 e. The average molecular weight is 239 g/mol. The Bertz CT molecular complexity index is 339. The number of nitrogen functional groups attached to an aromatic ring is 1. The fourth-order valence-electron chi connectivity index (χ4n) is 2.50. The molecule has 2 nitrogen and oxygen atoms in total. The Morgan fingerprint density at radius 1 is 1.38 bits per heavy atom. The van der Waals surface area contributed by atoms with Crippen molar-refractivity contribution in [2.45, 2.75) is 38.6 Å². The van der Waals surface area contributed by atoms with Gasteiger partial charge in [-0.3, -0.25) is 0 Å². The number of anilines is 2. The molecule has 1 aliphatic rings. The minimum atomic E-state index is 0.449. The van der Waals surface area contributed by atoms with Gasteiger partial charge in [-0.2, -0.15) is 0 Å². The summed E-state index contributed by atoms with van der Waals surface area (Å²) in [7, 11) is 0. The SMILES string of the molecule is CC(Nc1c(N)cccc1Cl)C1CCCC1. The molecule has 3 N–H and O–H groups in total. The van der Waals surface area contributed by atoms with Crippen LogP contribution in [0.3, 0.4) is 0 Å². The van der Waals surface area contributed by atoms with Crippen LogP contribution in [0.25, 0.3) is 0 Å². The van der Waals surface area contributed by atoms with Gasteiger partial charge in [0.25, 0.3) is 0 Å². The molecule has 1 saturated carbocycles. The molecule has 1 fully saturated rings. The Morgan fingerprint density at radius 3 is 2.69 bits per heavy atom. The fraction of sp³-hybridized carbons (Fsp3) is 0.538. The molecule has 0 bridgehead atoms. The second-order valence-electron chi connectivity index (χ2n) is 4.68. The summed E-state index contributed by atoms with van der Waals surface area (Å²) in [5.74, 6) is 0.760. The summed E-state index contributed by atoms with van der Waals surface area (Å²) in [5.41, 5.74) is 7.55. The Morgan fingerprint density at radius 2 is 2.06 bits per heavy atom. The van der Waals surface area contributed by atoms with Gasteiger partial charge in [0.2, 0.25) is 0 Å². The lowest BCUT2D eigenvalue weighted by atomic mass is 9.99. The van der Waals surface area contributed by atoms with Gasteiger partial charge in [-0.05, 0) is 37.8 Å². The van der Waals surface area contributed by atoms with E-state index in [2.05, 4.69) is 12.2 Å². The topological polar surface area (TPSA) is 38.0 Å². The minimum Gasteiger partial charge on any atom is -0.397 e. The van der Waals surface area contributed by atoms with Gasteiger partial charge >= 0.3 is 0 Å². The van der Waals surface area contributed by atoms with Crippen molar-refractivity contribution in [1.82, 2.24) is 0 Å². The van der Waals surface area contributed by atoms with E-state index in [9.17, 15) is 0 Å². The molecule has 0 amide bonds. The Hall–Kier alpha value is -0.890. The van der Waals surface area contributed by atoms with E-state index in [1.807, 2.05) is 18.2 Å². The molecule has 3 heteroatoms. The average Bonchev–Trinajstić information content (AvgIpc) is 2.76. The predicted molar refractivity (Wildman–Crippen MR) is 70.9 cm³/mol. The Labute approximate surface area is 102 Å². The van der Waals surface area contributed by atoms with Crippen molar-refractivity contribution in [3.05, 3.63) is 23.2 Å². The Balaban J connectivity index is 2.07. The number of nitrogens with two attached hydrogens (primary N) is 1. The van der Waals surface area contributed by atoms with Crippen molar-refractivity contribution in [1.29, 1.82) is 0 Å². The van der Waals surface area contributed by atoms with Crippen molar-refractivity contribution < 1.29 is 0 Å². The molecule has 0 saturated heterocycles. The van der Waals surface area contributed by atoms with Gasteiger partial charge in [0.05, 0.1) is 16.4 Å². The number of para-hydroxylation sites is 1. The van der Waals surface area contributed by atoms with E-state index in [1.54, 1.807) is 0 Å². The zero-order chi connectivity index (χ0) is 11.5. The molecular weight excluding hydrogens is 220 g/mol. The summed E-state index contributed by atoms with van der Waals surface area (Å²) in [5, 5.41) is 4.18. The molecule has 2 rings (SSSR count). The quantitative estimate of drug-likeness (QED) is 0.784. The van der Waals surface area contributed by atoms with Crippen LogP contribution in [0.5, 0.6) is 0 Å². The molecule has 0 spiro atoms. The number of hydrogen-bond donors (Lipinski definition) is 2. The van der Waals surface area contributed by atoms with E-state index in [1.165, 1.54) is 25.7 Å². The normalized spacial score (nSPS) is 18.6. The van der Waals surface area contributed by atoms with Crippen LogP contribution in [0.1, 0.15) is 32.6 Å². The zero-order valence-electron chi connectivity index (χ0n) is 9.67. The maximum absolute atomic E-state index is 6.14. The van der Waals surface area contributed by atoms with Crippen molar-refractivity contribution in [3.8, 4) is 0 Å². The summed E-state index contributed by atoms with van der Waals surface area (Å²) in [4.78, 5) is 0. The highest BCUT2D eigenvalue weighted by Gasteiger charge is 2.22. The lowest BCUT2D eigenvalue weighted by Crippen LogP contribution is -2.24. The van der Waals surface area contributed by atoms with Crippen molar-refractivity contribution in [2.24, 2.45) is 5.92 Å². The summed E-state index contributed by atoms with van der Waals surface area (Å²) in [6.45, 7) is 2.22. The van der Waals surface area contributed by atoms with Crippen LogP contribution in [0, 0.1) is 5.92 Å². The van der Waals surface area contributed by atoms with E-state index in [-0.39, 0.29) is 0 Å². The molecule has 1 aromatic carbocycles. The third-order valence-electron chi connectivity index (χ3n) is 3.52. The maximum Gasteiger partial charge on any atom is 0.0765 e. The maximum atomic E-state index is 6.14. The van der Waals surface area contributed by atoms with Gasteiger partial charge < -0.3 is 11.1 Å². The van der Waals surface area contributed by atoms with Gasteiger partial charge in [0.15, 0.2) is 0 Å². The first-order chi connectivity index (χ1) is 7.68. The molecule has 1 unspecified atom stereocenters. The molecule has 16 heavy (non-hydrogen) atoms. The molecule has 88 valence electrons. The van der Waals surface area contributed by atoms with Gasteiger partial charge in [0.1, 0.15) is 0 Å². The van der Waals surface area contributed by atoms with Crippen LogP contribution in [-0.4, -0.2) is 6.04 Å². The molecule has 0 radical (unpaired) electrons. The molecule has 0 aromatic heterocycles. The van der Waals surface area contributed by atoms with Crippen LogP contribution >= 0.6 is 11.6 Å². The zero-order valence-corrected chi connectivity index (χ0v) is 10.4. The van der Waals surface area contributed by atoms with Crippen LogP contribution < -0.4 is 11.1 Å². The molecule has 1 atom stereocenters. The number of hydrogen-bond acceptors (Lipinski definition) is 2. The molecule has 0 aliphatic heterocycles. The first-order valence-corrected chi connectivity index (χ1v) is 6.37. The molecule has 1 aliphatic carbocycles. The first-order valence-electron chi connectivity index (χ1n) is 5.99. The minimum absolute atomic E-state index is 0.449. The van der Waals surface area contributed by atoms with E-state index in [4.69, 9.17) is 17.3 Å². The lowest BCUT2D eigenvalue weighted by molar-refractivity contribution is 0.482. The Kier molecular flexibility index (Phi) is 3.59. The standard InChI is InChI=1S/C13H19ClN2/c1-9(10-5-2-3-6-10)16-13-11(14)7-4-8-12(13)15/h4,7-10,16H,2-3,5-6,15H2,1H3. The van der Waals surface area contributed by atoms with Gasteiger partial charge in [-0.25, -0.2) is 0 Å². The summed E-state index contributed by atoms with van der Waals surface area (Å²) in [6.07, 6.45) is 5.35. The van der Waals surface area contributed by atoms with Gasteiger partial charge in [-0.1, -0.05) is 30.5 Å². The van der Waals surface area contributed by atoms with Crippen molar-refractivity contribution in [2.75, 3.05) is 11.1 Å². The van der Waals surface area contributed by atoms with Gasteiger partial charge in [-0.15, -0.1) is 0 Å². The van der Waals surface area contributed by atoms with Crippen LogP contribution in [0.2, 0.25) is 5.02 Å². The van der Waals surface area contributed by atoms with Crippen LogP contribution in [0.15, 0.2) is 18.2 Å². The van der Waals surface area contributed by atoms with E-state index in [0.717, 1.165) is 17.3 Å². The highest BCUT2D eigenvalue weighted by atomic mass is 35.5. The highest BCUT2D eigenvalue weighted by Crippen LogP contribution is 2.33. The van der Waals surface area contributed by atoms with Crippen LogP contribution in [-0.2, 0) is 0 Å². The summed E-state index contributed by atoms with van der Waals surface area (Å²) in [6, 6.07) is 6.09. The van der Waals surface area contributed by atoms with E-state index < -0.39 is 0 Å². The lowest BCUT2D eigenvalue weighted by Gasteiger charge is -2.23. The number of halogens is 1. The third kappa shape index (κ3) is 2.43. The second kappa shape index (κ2) is 4.96. The number of nitrogens with one attached hydrogen (secondary N) is 1. The molecule has 0 heterocycles. The van der Waals surface area contributed by atoms with Crippen molar-refractivity contribution >= 4 is 23.0 Å². The number of benzene rings is 1. The third-order valence-corrected chi connectivity index (χ3v) is 3.84. The van der Waals surface area contributed by atoms with Crippen molar-refractivity contribution in [3.63, 3.8) is 0 Å². The monoisotopic (exact) mass is 238 g/mol. The predicted octanol–water partition coefficient (Wildman–Crippen LogP) is 3.91. The van der Waals surface area contributed by atoms with Crippen LogP contribution in [0.4, 0.5) is 11.4 Å².